The smallest absolute Gasteiger partial charge is 0.494 e. The molecule has 7 nitrogen and oxygen atoms in total. The van der Waals surface area contributed by atoms with Gasteiger partial charge in [-0.05, 0) is 45.3 Å². The van der Waals surface area contributed by atoms with E-state index in [9.17, 15) is 15.2 Å². The van der Waals surface area contributed by atoms with Gasteiger partial charge in [-0.3, -0.25) is 10.1 Å². The Morgan fingerprint density at radius 1 is 1.22 bits per heavy atom. The molecule has 0 bridgehead atoms. The van der Waals surface area contributed by atoms with Crippen LogP contribution in [-0.2, 0) is 9.31 Å². The molecule has 1 N–H and O–H groups in total. The molecular formula is C15H17BN2O5. The van der Waals surface area contributed by atoms with Gasteiger partial charge in [0.15, 0.2) is 0 Å². The molecule has 1 aromatic carbocycles. The third-order valence-corrected chi connectivity index (χ3v) is 4.57. The number of aromatic nitrogens is 1. The zero-order valence-electron chi connectivity index (χ0n) is 13.4. The lowest BCUT2D eigenvalue weighted by Gasteiger charge is -2.32. The van der Waals surface area contributed by atoms with Gasteiger partial charge < -0.3 is 14.4 Å². The number of hydrogen-bond acceptors (Lipinski definition) is 6. The van der Waals surface area contributed by atoms with Crippen LogP contribution in [0.1, 0.15) is 27.7 Å². The molecule has 0 aliphatic carbocycles. The summed E-state index contributed by atoms with van der Waals surface area (Å²) in [7, 11) is -0.608. The van der Waals surface area contributed by atoms with E-state index in [1.165, 1.54) is 0 Å². The van der Waals surface area contributed by atoms with Crippen molar-refractivity contribution in [2.75, 3.05) is 0 Å². The standard InChI is InChI=1S/C15H17BN2O5/c1-14(2)15(3,4)23-16(22-14)9-5-6-11-10(7-9)13(19)12(8-17-11)18(20)21/h5-8H,1-4H3,(H,17,19). The highest BCUT2D eigenvalue weighted by Crippen LogP contribution is 2.37. The average molecular weight is 316 g/mol. The lowest BCUT2D eigenvalue weighted by atomic mass is 9.78. The van der Waals surface area contributed by atoms with Crippen molar-refractivity contribution in [3.63, 3.8) is 0 Å². The van der Waals surface area contributed by atoms with Crippen LogP contribution in [0.5, 0.6) is 5.75 Å². The topological polar surface area (TPSA) is 94.7 Å². The molecule has 23 heavy (non-hydrogen) atoms. The predicted molar refractivity (Wildman–Crippen MR) is 85.8 cm³/mol. The first kappa shape index (κ1) is 15.7. The minimum absolute atomic E-state index is 0.298. The molecule has 0 amide bonds. The Bertz CT molecular complexity index is 790. The molecule has 1 saturated heterocycles. The number of nitro groups is 1. The van der Waals surface area contributed by atoms with Gasteiger partial charge in [0.2, 0.25) is 5.75 Å². The summed E-state index contributed by atoms with van der Waals surface area (Å²) in [5.74, 6) is -0.404. The van der Waals surface area contributed by atoms with Crippen LogP contribution in [0.15, 0.2) is 24.4 Å². The molecule has 1 fully saturated rings. The van der Waals surface area contributed by atoms with E-state index in [4.69, 9.17) is 9.31 Å². The van der Waals surface area contributed by atoms with Crippen LogP contribution in [-0.4, -0.2) is 33.3 Å². The molecule has 120 valence electrons. The minimum atomic E-state index is -0.663. The zero-order chi connectivity index (χ0) is 17.0. The van der Waals surface area contributed by atoms with Gasteiger partial charge in [0.25, 0.3) is 0 Å². The Balaban J connectivity index is 2.07. The normalized spacial score (nSPS) is 19.2. The highest BCUT2D eigenvalue weighted by molar-refractivity contribution is 6.62. The Hall–Kier alpha value is -2.19. The maximum atomic E-state index is 10.9. The van der Waals surface area contributed by atoms with Gasteiger partial charge in [-0.25, -0.2) is 4.98 Å². The highest BCUT2D eigenvalue weighted by Gasteiger charge is 2.51. The molecule has 8 heteroatoms. The number of fused-ring (bicyclic) bond motifs is 1. The Labute approximate surface area is 133 Å². The molecule has 2 heterocycles. The second-order valence-corrected chi connectivity index (χ2v) is 6.61. The Morgan fingerprint density at radius 2 is 1.83 bits per heavy atom. The Kier molecular flexibility index (Phi) is 3.35. The van der Waals surface area contributed by atoms with Crippen LogP contribution < -0.4 is 5.46 Å². The van der Waals surface area contributed by atoms with Gasteiger partial charge >= 0.3 is 12.8 Å². The summed E-state index contributed by atoms with van der Waals surface area (Å²) in [6.45, 7) is 7.77. The van der Waals surface area contributed by atoms with E-state index in [-0.39, 0.29) is 0 Å². The molecule has 1 aliphatic heterocycles. The predicted octanol–water partition coefficient (Wildman–Crippen LogP) is 2.15. The largest absolute Gasteiger partial charge is 0.502 e. The van der Waals surface area contributed by atoms with Crippen molar-refractivity contribution in [2.45, 2.75) is 38.9 Å². The second-order valence-electron chi connectivity index (χ2n) is 6.61. The number of aromatic hydroxyl groups is 1. The number of pyridine rings is 1. The van der Waals surface area contributed by atoms with Gasteiger partial charge in [-0.2, -0.15) is 0 Å². The van der Waals surface area contributed by atoms with Gasteiger partial charge in [-0.1, -0.05) is 6.07 Å². The summed E-state index contributed by atoms with van der Waals surface area (Å²) in [5.41, 5.74) is -0.267. The van der Waals surface area contributed by atoms with Crippen molar-refractivity contribution in [1.29, 1.82) is 0 Å². The quantitative estimate of drug-likeness (QED) is 0.518. The van der Waals surface area contributed by atoms with E-state index in [0.717, 1.165) is 6.20 Å². The van der Waals surface area contributed by atoms with Gasteiger partial charge in [0.1, 0.15) is 6.20 Å². The third-order valence-electron chi connectivity index (χ3n) is 4.57. The summed E-state index contributed by atoms with van der Waals surface area (Å²) in [6.07, 6.45) is 1.05. The lowest BCUT2D eigenvalue weighted by molar-refractivity contribution is -0.386. The molecule has 0 radical (unpaired) electrons. The van der Waals surface area contributed by atoms with E-state index in [2.05, 4.69) is 4.98 Å². The molecule has 2 aromatic rings. The molecule has 0 atom stereocenters. The zero-order valence-corrected chi connectivity index (χ0v) is 13.4. The van der Waals surface area contributed by atoms with Crippen LogP contribution in [0.25, 0.3) is 10.9 Å². The monoisotopic (exact) mass is 316 g/mol. The van der Waals surface area contributed by atoms with E-state index >= 15 is 0 Å². The maximum Gasteiger partial charge on any atom is 0.494 e. The Morgan fingerprint density at radius 3 is 2.39 bits per heavy atom. The summed E-state index contributed by atoms with van der Waals surface area (Å²) in [5, 5.41) is 21.4. The number of hydrogen-bond donors (Lipinski definition) is 1. The molecule has 0 unspecified atom stereocenters. The van der Waals surface area contributed by atoms with E-state index in [1.54, 1.807) is 18.2 Å². The molecule has 0 spiro atoms. The first-order chi connectivity index (χ1) is 10.6. The van der Waals surface area contributed by atoms with E-state index in [1.807, 2.05) is 27.7 Å². The number of nitrogens with zero attached hydrogens (tertiary/aromatic N) is 2. The van der Waals surface area contributed by atoms with E-state index in [0.29, 0.717) is 16.4 Å². The first-order valence-electron chi connectivity index (χ1n) is 7.24. The SMILES string of the molecule is CC1(C)OB(c2ccc3ncc([N+](=O)[O-])c(O)c3c2)OC1(C)C. The fourth-order valence-electron chi connectivity index (χ4n) is 2.45. The van der Waals surface area contributed by atoms with Crippen molar-refractivity contribution in [2.24, 2.45) is 0 Å². The van der Waals surface area contributed by atoms with Crippen molar-refractivity contribution in [1.82, 2.24) is 4.98 Å². The summed E-state index contributed by atoms with van der Waals surface area (Å²) < 4.78 is 11.9. The van der Waals surface area contributed by atoms with Crippen LogP contribution in [0.3, 0.4) is 0 Å². The first-order valence-corrected chi connectivity index (χ1v) is 7.24. The van der Waals surface area contributed by atoms with Crippen LogP contribution >= 0.6 is 0 Å². The minimum Gasteiger partial charge on any atom is -0.502 e. The molecule has 0 saturated carbocycles. The fourth-order valence-corrected chi connectivity index (χ4v) is 2.45. The second kappa shape index (κ2) is 4.91. The molecular weight excluding hydrogens is 299 g/mol. The lowest BCUT2D eigenvalue weighted by Crippen LogP contribution is -2.41. The summed E-state index contributed by atoms with van der Waals surface area (Å²) in [6, 6.07) is 5.08. The summed E-state index contributed by atoms with van der Waals surface area (Å²) >= 11 is 0. The molecule has 3 rings (SSSR count). The van der Waals surface area contributed by atoms with Gasteiger partial charge in [0.05, 0.1) is 21.6 Å². The number of benzene rings is 1. The van der Waals surface area contributed by atoms with Gasteiger partial charge in [0, 0.05) is 5.39 Å². The third kappa shape index (κ3) is 2.44. The average Bonchev–Trinajstić information content (AvgIpc) is 2.67. The summed E-state index contributed by atoms with van der Waals surface area (Å²) in [4.78, 5) is 14.3. The van der Waals surface area contributed by atoms with Gasteiger partial charge in [-0.15, -0.1) is 0 Å². The number of rotatable bonds is 2. The fraction of sp³-hybridized carbons (Fsp3) is 0.400. The van der Waals surface area contributed by atoms with Crippen molar-refractivity contribution < 1.29 is 19.3 Å². The van der Waals surface area contributed by atoms with Crippen molar-refractivity contribution >= 4 is 29.2 Å². The van der Waals surface area contributed by atoms with Crippen LogP contribution in [0, 0.1) is 10.1 Å². The molecule has 1 aliphatic rings. The van der Waals surface area contributed by atoms with Crippen LogP contribution in [0.2, 0.25) is 0 Å². The van der Waals surface area contributed by atoms with Crippen molar-refractivity contribution in [3.8, 4) is 5.75 Å². The highest BCUT2D eigenvalue weighted by atomic mass is 16.7. The van der Waals surface area contributed by atoms with Crippen LogP contribution in [0.4, 0.5) is 5.69 Å². The van der Waals surface area contributed by atoms with Crippen molar-refractivity contribution in [3.05, 3.63) is 34.5 Å². The maximum absolute atomic E-state index is 10.9. The molecule has 1 aromatic heterocycles. The van der Waals surface area contributed by atoms with E-state index < -0.39 is 34.7 Å².